The van der Waals surface area contributed by atoms with Crippen molar-refractivity contribution in [1.29, 1.82) is 0 Å². The van der Waals surface area contributed by atoms with Crippen LogP contribution in [0.5, 0.6) is 0 Å². The zero-order valence-corrected chi connectivity index (χ0v) is 18.3. The van der Waals surface area contributed by atoms with Gasteiger partial charge in [-0.25, -0.2) is 9.79 Å². The van der Waals surface area contributed by atoms with E-state index in [-0.39, 0.29) is 29.9 Å². The summed E-state index contributed by atoms with van der Waals surface area (Å²) >= 11 is 0. The molecule has 1 amide bonds. The van der Waals surface area contributed by atoms with Gasteiger partial charge >= 0.3 is 6.09 Å². The third-order valence-electron chi connectivity index (χ3n) is 4.72. The van der Waals surface area contributed by atoms with E-state index in [2.05, 4.69) is 16.7 Å². The standard InChI is InChI=1S/C23H28N4O4/c1-15(18-8-6-7-17(11-18)13-28)25-21-19(14-29)12-24-27(21)16(2)26(20-9-10-20)22(30)31-23(3,4)5/h6-8,11-12,14,20,28H,2,9-10,13H2,1,3-5H3/b25-15+. The normalized spacial score (nSPS) is 14.3. The summed E-state index contributed by atoms with van der Waals surface area (Å²) in [6.07, 6.45) is 3.24. The molecule has 0 atom stereocenters. The van der Waals surface area contributed by atoms with Crippen LogP contribution < -0.4 is 0 Å². The Morgan fingerprint density at radius 3 is 2.71 bits per heavy atom. The van der Waals surface area contributed by atoms with Crippen molar-refractivity contribution in [2.24, 2.45) is 4.99 Å². The molecule has 8 heteroatoms. The van der Waals surface area contributed by atoms with Crippen LogP contribution >= 0.6 is 0 Å². The summed E-state index contributed by atoms with van der Waals surface area (Å²) in [5.74, 6) is 0.557. The number of amides is 1. The molecular formula is C23H28N4O4. The third-order valence-corrected chi connectivity index (χ3v) is 4.72. The van der Waals surface area contributed by atoms with Crippen LogP contribution in [0.1, 0.15) is 62.0 Å². The van der Waals surface area contributed by atoms with Gasteiger partial charge in [0.1, 0.15) is 11.4 Å². The van der Waals surface area contributed by atoms with Crippen molar-refractivity contribution in [3.8, 4) is 0 Å². The lowest BCUT2D eigenvalue weighted by Gasteiger charge is -2.28. The predicted octanol–water partition coefficient (Wildman–Crippen LogP) is 4.16. The van der Waals surface area contributed by atoms with E-state index in [0.29, 0.717) is 12.0 Å². The summed E-state index contributed by atoms with van der Waals surface area (Å²) in [7, 11) is 0. The molecule has 0 spiro atoms. The Labute approximate surface area is 181 Å². The Kier molecular flexibility index (Phi) is 6.40. The number of hydrogen-bond acceptors (Lipinski definition) is 6. The monoisotopic (exact) mass is 424 g/mol. The molecule has 2 aromatic rings. The minimum Gasteiger partial charge on any atom is -0.443 e. The topological polar surface area (TPSA) is 97.0 Å². The van der Waals surface area contributed by atoms with Crippen LogP contribution in [0.15, 0.2) is 42.0 Å². The average molecular weight is 425 g/mol. The van der Waals surface area contributed by atoms with Crippen molar-refractivity contribution in [2.75, 3.05) is 0 Å². The van der Waals surface area contributed by atoms with E-state index < -0.39 is 11.7 Å². The molecule has 1 N–H and O–H groups in total. The highest BCUT2D eigenvalue weighted by atomic mass is 16.6. The van der Waals surface area contributed by atoms with E-state index >= 15 is 0 Å². The highest BCUT2D eigenvalue weighted by Crippen LogP contribution is 2.34. The van der Waals surface area contributed by atoms with Crippen molar-refractivity contribution < 1.29 is 19.4 Å². The van der Waals surface area contributed by atoms with Gasteiger partial charge in [-0.05, 0) is 57.7 Å². The van der Waals surface area contributed by atoms with Gasteiger partial charge in [0.2, 0.25) is 0 Å². The number of carbonyl (C=O) groups excluding carboxylic acids is 2. The molecule has 1 aliphatic carbocycles. The number of carbonyl (C=O) groups is 2. The van der Waals surface area contributed by atoms with Gasteiger partial charge in [-0.2, -0.15) is 9.78 Å². The van der Waals surface area contributed by atoms with Gasteiger partial charge < -0.3 is 9.84 Å². The molecule has 0 saturated heterocycles. The largest absolute Gasteiger partial charge is 0.443 e. The molecule has 31 heavy (non-hydrogen) atoms. The lowest BCUT2D eigenvalue weighted by atomic mass is 10.1. The highest BCUT2D eigenvalue weighted by molar-refractivity contribution is 6.01. The van der Waals surface area contributed by atoms with Crippen LogP contribution in [-0.2, 0) is 11.3 Å². The Bertz CT molecular complexity index is 1030. The van der Waals surface area contributed by atoms with Gasteiger partial charge in [-0.3, -0.25) is 9.69 Å². The number of benzene rings is 1. The second kappa shape index (κ2) is 8.85. The van der Waals surface area contributed by atoms with Gasteiger partial charge in [0.05, 0.1) is 18.4 Å². The van der Waals surface area contributed by atoms with Crippen LogP contribution in [0.25, 0.3) is 5.82 Å². The zero-order chi connectivity index (χ0) is 22.8. The van der Waals surface area contributed by atoms with Gasteiger partial charge in [0.15, 0.2) is 12.1 Å². The molecular weight excluding hydrogens is 396 g/mol. The lowest BCUT2D eigenvalue weighted by molar-refractivity contribution is 0.0333. The van der Waals surface area contributed by atoms with Crippen molar-refractivity contribution >= 4 is 29.7 Å². The fraction of sp³-hybridized carbons (Fsp3) is 0.391. The number of rotatable bonds is 7. The number of hydrogen-bond donors (Lipinski definition) is 1. The second-order valence-corrected chi connectivity index (χ2v) is 8.51. The van der Waals surface area contributed by atoms with Crippen LogP contribution in [0.4, 0.5) is 10.6 Å². The minimum absolute atomic E-state index is 0.0228. The summed E-state index contributed by atoms with van der Waals surface area (Å²) in [5, 5.41) is 13.7. The number of aromatic nitrogens is 2. The third kappa shape index (κ3) is 5.27. The maximum Gasteiger partial charge on any atom is 0.416 e. The van der Waals surface area contributed by atoms with Crippen LogP contribution in [0.3, 0.4) is 0 Å². The highest BCUT2D eigenvalue weighted by Gasteiger charge is 2.38. The summed E-state index contributed by atoms with van der Waals surface area (Å²) in [4.78, 5) is 30.6. The number of aliphatic imine (C=N–C) groups is 1. The predicted molar refractivity (Wildman–Crippen MR) is 118 cm³/mol. The Morgan fingerprint density at radius 1 is 1.42 bits per heavy atom. The molecule has 0 aliphatic heterocycles. The smallest absolute Gasteiger partial charge is 0.416 e. The maximum absolute atomic E-state index is 12.8. The van der Waals surface area contributed by atoms with Crippen molar-refractivity contribution in [3.05, 3.63) is 53.7 Å². The molecule has 1 aromatic heterocycles. The number of aliphatic hydroxyl groups is 1. The van der Waals surface area contributed by atoms with Crippen LogP contribution in [0, 0.1) is 0 Å². The van der Waals surface area contributed by atoms with E-state index in [1.54, 1.807) is 27.7 Å². The fourth-order valence-electron chi connectivity index (χ4n) is 3.07. The van der Waals surface area contributed by atoms with E-state index in [1.165, 1.54) is 15.8 Å². The van der Waals surface area contributed by atoms with Crippen molar-refractivity contribution in [3.63, 3.8) is 0 Å². The SMILES string of the molecule is C=C(N(C(=O)OC(C)(C)C)C1CC1)n1ncc(C=O)c1/N=C(\C)c1cccc(CO)c1. The summed E-state index contributed by atoms with van der Waals surface area (Å²) in [5.41, 5.74) is 1.80. The quantitative estimate of drug-likeness (QED) is 0.532. The first-order valence-electron chi connectivity index (χ1n) is 10.1. The minimum atomic E-state index is -0.655. The molecule has 1 heterocycles. The van der Waals surface area contributed by atoms with Crippen LogP contribution in [0.2, 0.25) is 0 Å². The zero-order valence-electron chi connectivity index (χ0n) is 18.3. The number of nitrogens with zero attached hydrogens (tertiary/aromatic N) is 4. The van der Waals surface area contributed by atoms with Gasteiger partial charge in [-0.1, -0.05) is 24.8 Å². The molecule has 1 aliphatic rings. The van der Waals surface area contributed by atoms with Gasteiger partial charge in [0.25, 0.3) is 0 Å². The number of ether oxygens (including phenoxy) is 1. The maximum atomic E-state index is 12.8. The molecule has 3 rings (SSSR count). The first-order valence-corrected chi connectivity index (χ1v) is 10.1. The van der Waals surface area contributed by atoms with E-state index in [4.69, 9.17) is 4.74 Å². The summed E-state index contributed by atoms with van der Waals surface area (Å²) in [6, 6.07) is 7.31. The molecule has 164 valence electrons. The Hall–Kier alpha value is -3.26. The number of aliphatic hydroxyl groups excluding tert-OH is 1. The first kappa shape index (κ1) is 22.4. The number of aldehydes is 1. The Morgan fingerprint density at radius 2 is 2.13 bits per heavy atom. The van der Waals surface area contributed by atoms with E-state index in [1.807, 2.05) is 24.3 Å². The van der Waals surface area contributed by atoms with Gasteiger partial charge in [-0.15, -0.1) is 0 Å². The molecule has 1 saturated carbocycles. The summed E-state index contributed by atoms with van der Waals surface area (Å²) in [6.45, 7) is 11.2. The summed E-state index contributed by atoms with van der Waals surface area (Å²) < 4.78 is 6.94. The molecule has 8 nitrogen and oxygen atoms in total. The van der Waals surface area contributed by atoms with E-state index in [9.17, 15) is 14.7 Å². The molecule has 1 fully saturated rings. The Balaban J connectivity index is 1.99. The molecule has 0 radical (unpaired) electrons. The van der Waals surface area contributed by atoms with Crippen molar-refractivity contribution in [2.45, 2.75) is 58.8 Å². The average Bonchev–Trinajstić information content (AvgIpc) is 3.45. The molecule has 0 bridgehead atoms. The second-order valence-electron chi connectivity index (χ2n) is 8.51. The van der Waals surface area contributed by atoms with Gasteiger partial charge in [0, 0.05) is 11.8 Å². The van der Waals surface area contributed by atoms with Crippen LogP contribution in [-0.4, -0.2) is 49.5 Å². The van der Waals surface area contributed by atoms with E-state index in [0.717, 1.165) is 24.0 Å². The first-order chi connectivity index (χ1) is 14.6. The fourth-order valence-corrected chi connectivity index (χ4v) is 3.07. The molecule has 0 unspecified atom stereocenters. The lowest BCUT2D eigenvalue weighted by Crippen LogP contribution is -2.38. The molecule has 1 aromatic carbocycles. The van der Waals surface area contributed by atoms with Crippen molar-refractivity contribution in [1.82, 2.24) is 14.7 Å².